The number of nitriles is 2. The van der Waals surface area contributed by atoms with Crippen LogP contribution in [0.1, 0.15) is 11.1 Å². The minimum absolute atomic E-state index is 0.00192. The predicted octanol–water partition coefficient (Wildman–Crippen LogP) is 4.05. The van der Waals surface area contributed by atoms with E-state index in [0.717, 1.165) is 9.13 Å². The van der Waals surface area contributed by atoms with Gasteiger partial charge in [-0.05, 0) is 65.4 Å². The van der Waals surface area contributed by atoms with Crippen LogP contribution in [0.4, 0.5) is 5.69 Å². The molecule has 0 fully saturated rings. The van der Waals surface area contributed by atoms with Crippen molar-refractivity contribution < 1.29 is 9.53 Å². The Morgan fingerprint density at radius 1 is 1.24 bits per heavy atom. The largest absolute Gasteiger partial charge is 0.478 e. The first-order valence-electron chi connectivity index (χ1n) is 7.32. The van der Waals surface area contributed by atoms with Gasteiger partial charge in [0.2, 0.25) is 0 Å². The van der Waals surface area contributed by atoms with Crippen LogP contribution in [0, 0.1) is 33.2 Å². The number of nitrogens with one attached hydrogen (secondary N) is 1. The summed E-state index contributed by atoms with van der Waals surface area (Å²) >= 11 is 2.08. The van der Waals surface area contributed by atoms with Gasteiger partial charge in [-0.15, -0.1) is 0 Å². The fraction of sp³-hybridized carbons (Fsp3) is 0.105. The van der Waals surface area contributed by atoms with Gasteiger partial charge >= 0.3 is 0 Å². The van der Waals surface area contributed by atoms with Crippen molar-refractivity contribution in [2.24, 2.45) is 0 Å². The SMILES string of the molecule is Cc1ccc(NC(=O)/C(C#N)=C/c2ccc(OCC#N)c(I)c2)cc1. The molecule has 0 aliphatic heterocycles. The van der Waals surface area contributed by atoms with Crippen molar-refractivity contribution in [1.82, 2.24) is 0 Å². The Hall–Kier alpha value is -2.84. The molecule has 0 heterocycles. The van der Waals surface area contributed by atoms with Crippen molar-refractivity contribution in [1.29, 1.82) is 10.5 Å². The molecule has 0 unspecified atom stereocenters. The molecule has 1 amide bonds. The minimum Gasteiger partial charge on any atom is -0.478 e. The Morgan fingerprint density at radius 3 is 2.56 bits per heavy atom. The van der Waals surface area contributed by atoms with E-state index in [4.69, 9.17) is 10.00 Å². The van der Waals surface area contributed by atoms with Crippen LogP contribution in [-0.4, -0.2) is 12.5 Å². The van der Waals surface area contributed by atoms with E-state index in [1.54, 1.807) is 30.3 Å². The Labute approximate surface area is 159 Å². The van der Waals surface area contributed by atoms with Crippen LogP contribution in [-0.2, 0) is 4.79 Å². The average molecular weight is 443 g/mol. The van der Waals surface area contributed by atoms with Crippen LogP contribution in [0.3, 0.4) is 0 Å². The number of carbonyl (C=O) groups excluding carboxylic acids is 1. The molecule has 0 atom stereocenters. The lowest BCUT2D eigenvalue weighted by Crippen LogP contribution is -2.13. The molecular formula is C19H14IN3O2. The van der Waals surface area contributed by atoms with Gasteiger partial charge in [-0.25, -0.2) is 0 Å². The van der Waals surface area contributed by atoms with Crippen LogP contribution in [0.5, 0.6) is 5.75 Å². The fourth-order valence-corrected chi connectivity index (χ4v) is 2.68. The van der Waals surface area contributed by atoms with Gasteiger partial charge in [-0.1, -0.05) is 23.8 Å². The monoisotopic (exact) mass is 443 g/mol. The molecule has 0 spiro atoms. The van der Waals surface area contributed by atoms with E-state index in [0.29, 0.717) is 17.0 Å². The van der Waals surface area contributed by atoms with E-state index in [9.17, 15) is 10.1 Å². The Kier molecular flexibility index (Phi) is 6.55. The van der Waals surface area contributed by atoms with Gasteiger partial charge in [0.25, 0.3) is 5.91 Å². The van der Waals surface area contributed by atoms with Gasteiger partial charge in [-0.2, -0.15) is 10.5 Å². The number of carbonyl (C=O) groups is 1. The first-order chi connectivity index (χ1) is 12.0. The third kappa shape index (κ3) is 5.33. The lowest BCUT2D eigenvalue weighted by molar-refractivity contribution is -0.112. The fourth-order valence-electron chi connectivity index (χ4n) is 1.98. The molecule has 0 aliphatic rings. The Bertz CT molecular complexity index is 890. The molecule has 25 heavy (non-hydrogen) atoms. The van der Waals surface area contributed by atoms with Gasteiger partial charge in [0.1, 0.15) is 23.5 Å². The Balaban J connectivity index is 2.17. The summed E-state index contributed by atoms with van der Waals surface area (Å²) < 4.78 is 6.06. The van der Waals surface area contributed by atoms with Crippen LogP contribution in [0.25, 0.3) is 6.08 Å². The maximum absolute atomic E-state index is 12.3. The highest BCUT2D eigenvalue weighted by Crippen LogP contribution is 2.23. The summed E-state index contributed by atoms with van der Waals surface area (Å²) in [5.41, 5.74) is 2.42. The zero-order valence-corrected chi connectivity index (χ0v) is 15.6. The van der Waals surface area contributed by atoms with E-state index in [1.165, 1.54) is 6.08 Å². The normalized spacial score (nSPS) is 10.5. The second kappa shape index (κ2) is 8.86. The van der Waals surface area contributed by atoms with Gasteiger partial charge in [-0.3, -0.25) is 4.79 Å². The molecule has 0 saturated carbocycles. The van der Waals surface area contributed by atoms with Crippen molar-refractivity contribution in [2.75, 3.05) is 11.9 Å². The van der Waals surface area contributed by atoms with Gasteiger partial charge in [0.15, 0.2) is 6.61 Å². The summed E-state index contributed by atoms with van der Waals surface area (Å²) in [6.45, 7) is 1.92. The predicted molar refractivity (Wildman–Crippen MR) is 104 cm³/mol. The van der Waals surface area contributed by atoms with Crippen LogP contribution in [0.15, 0.2) is 48.0 Å². The number of hydrogen-bond donors (Lipinski definition) is 1. The summed E-state index contributed by atoms with van der Waals surface area (Å²) in [6, 6.07) is 16.4. The van der Waals surface area contributed by atoms with E-state index in [-0.39, 0.29) is 12.2 Å². The molecule has 1 N–H and O–H groups in total. The number of anilines is 1. The number of halogens is 1. The van der Waals surface area contributed by atoms with Crippen molar-refractivity contribution in [3.05, 3.63) is 62.7 Å². The second-order valence-corrected chi connectivity index (χ2v) is 6.29. The van der Waals surface area contributed by atoms with E-state index in [1.807, 2.05) is 31.2 Å². The topological polar surface area (TPSA) is 85.9 Å². The Morgan fingerprint density at radius 2 is 1.96 bits per heavy atom. The van der Waals surface area contributed by atoms with Gasteiger partial charge < -0.3 is 10.1 Å². The number of aryl methyl sites for hydroxylation is 1. The highest BCUT2D eigenvalue weighted by atomic mass is 127. The molecule has 0 radical (unpaired) electrons. The molecule has 0 aliphatic carbocycles. The molecule has 0 aromatic heterocycles. The zero-order chi connectivity index (χ0) is 18.2. The number of hydrogen-bond acceptors (Lipinski definition) is 4. The van der Waals surface area contributed by atoms with Crippen LogP contribution in [0.2, 0.25) is 0 Å². The van der Waals surface area contributed by atoms with Crippen molar-refractivity contribution >= 4 is 40.3 Å². The second-order valence-electron chi connectivity index (χ2n) is 5.13. The molecule has 2 rings (SSSR count). The number of benzene rings is 2. The summed E-state index contributed by atoms with van der Waals surface area (Å²) in [7, 11) is 0. The van der Waals surface area contributed by atoms with E-state index >= 15 is 0 Å². The van der Waals surface area contributed by atoms with E-state index < -0.39 is 5.91 Å². The third-order valence-electron chi connectivity index (χ3n) is 3.23. The number of amides is 1. The summed E-state index contributed by atoms with van der Waals surface area (Å²) in [6.07, 6.45) is 1.51. The van der Waals surface area contributed by atoms with Crippen molar-refractivity contribution in [3.63, 3.8) is 0 Å². The summed E-state index contributed by atoms with van der Waals surface area (Å²) in [5.74, 6) is 0.119. The molecule has 124 valence electrons. The first-order valence-corrected chi connectivity index (χ1v) is 8.40. The molecule has 6 heteroatoms. The molecule has 0 saturated heterocycles. The van der Waals surface area contributed by atoms with Crippen LogP contribution < -0.4 is 10.1 Å². The maximum atomic E-state index is 12.3. The minimum atomic E-state index is -0.467. The van der Waals surface area contributed by atoms with Crippen LogP contribution >= 0.6 is 22.6 Å². The third-order valence-corrected chi connectivity index (χ3v) is 4.08. The first kappa shape index (κ1) is 18.5. The molecule has 5 nitrogen and oxygen atoms in total. The smallest absolute Gasteiger partial charge is 0.266 e. The van der Waals surface area contributed by atoms with Gasteiger partial charge in [0.05, 0.1) is 3.57 Å². The summed E-state index contributed by atoms with van der Waals surface area (Å²) in [5, 5.41) is 20.5. The molecule has 2 aromatic rings. The standard InChI is InChI=1S/C19H14IN3O2/c1-13-2-5-16(6-3-13)23-19(24)15(12-22)10-14-4-7-18(17(20)11-14)25-9-8-21/h2-7,10-11H,9H2,1H3,(H,23,24)/b15-10+. The lowest BCUT2D eigenvalue weighted by atomic mass is 10.1. The van der Waals surface area contributed by atoms with Crippen molar-refractivity contribution in [2.45, 2.75) is 6.92 Å². The maximum Gasteiger partial charge on any atom is 0.266 e. The summed E-state index contributed by atoms with van der Waals surface area (Å²) in [4.78, 5) is 12.3. The zero-order valence-electron chi connectivity index (χ0n) is 13.4. The van der Waals surface area contributed by atoms with Crippen molar-refractivity contribution in [3.8, 4) is 17.9 Å². The number of rotatable bonds is 5. The lowest BCUT2D eigenvalue weighted by Gasteiger charge is -2.07. The van der Waals surface area contributed by atoms with E-state index in [2.05, 4.69) is 27.9 Å². The highest BCUT2D eigenvalue weighted by Gasteiger charge is 2.10. The number of nitrogens with zero attached hydrogens (tertiary/aromatic N) is 2. The number of ether oxygens (including phenoxy) is 1. The average Bonchev–Trinajstić information content (AvgIpc) is 2.60. The quantitative estimate of drug-likeness (QED) is 0.429. The molecule has 0 bridgehead atoms. The molecular weight excluding hydrogens is 429 g/mol. The van der Waals surface area contributed by atoms with Gasteiger partial charge in [0, 0.05) is 5.69 Å². The highest BCUT2D eigenvalue weighted by molar-refractivity contribution is 14.1. The molecule has 2 aromatic carbocycles.